The Hall–Kier alpha value is -7.61. The van der Waals surface area contributed by atoms with Crippen molar-refractivity contribution in [1.82, 2.24) is 19.5 Å². The molecule has 1 aliphatic heterocycles. The normalized spacial score (nSPS) is 18.0. The van der Waals surface area contributed by atoms with Crippen LogP contribution in [0, 0.1) is 12.3 Å². The van der Waals surface area contributed by atoms with Crippen molar-refractivity contribution in [3.8, 4) is 40.5 Å². The molecule has 3 heterocycles. The molecule has 1 unspecified atom stereocenters. The summed E-state index contributed by atoms with van der Waals surface area (Å²) in [6, 6.07) is 43.5. The van der Waals surface area contributed by atoms with Crippen LogP contribution in [0.3, 0.4) is 0 Å². The molecule has 4 heteroatoms. The van der Waals surface area contributed by atoms with Gasteiger partial charge < -0.3 is 4.57 Å². The van der Waals surface area contributed by atoms with Gasteiger partial charge in [-0.2, -0.15) is 0 Å². The van der Waals surface area contributed by atoms with Gasteiger partial charge in [0.15, 0.2) is 17.5 Å². The van der Waals surface area contributed by atoms with Crippen molar-refractivity contribution in [2.24, 2.45) is 0 Å². The van der Waals surface area contributed by atoms with Crippen LogP contribution in [-0.4, -0.2) is 19.5 Å². The molecule has 4 aliphatic rings. The van der Waals surface area contributed by atoms with Gasteiger partial charge in [0.25, 0.3) is 0 Å². The number of aromatic nitrogens is 4. The van der Waals surface area contributed by atoms with E-state index in [0.717, 1.165) is 68.5 Å². The molecule has 11 rings (SSSR count). The Morgan fingerprint density at radius 2 is 1.36 bits per heavy atom. The lowest BCUT2D eigenvalue weighted by atomic mass is 9.63. The Labute approximate surface area is 344 Å². The van der Waals surface area contributed by atoms with Gasteiger partial charge in [0.1, 0.15) is 0 Å². The minimum atomic E-state index is -0.610. The molecule has 0 N–H and O–H groups in total. The zero-order valence-corrected chi connectivity index (χ0v) is 32.6. The number of allylic oxidation sites excluding steroid dienone is 14. The van der Waals surface area contributed by atoms with Gasteiger partial charge in [-0.05, 0) is 88.6 Å². The van der Waals surface area contributed by atoms with E-state index < -0.39 is 5.41 Å². The molecule has 2 aromatic heterocycles. The van der Waals surface area contributed by atoms with E-state index in [1.807, 2.05) is 18.2 Å². The van der Waals surface area contributed by atoms with Crippen molar-refractivity contribution in [1.29, 1.82) is 0 Å². The van der Waals surface area contributed by atoms with Crippen LogP contribution >= 0.6 is 0 Å². The first-order valence-corrected chi connectivity index (χ1v) is 20.2. The molecule has 5 aromatic carbocycles. The molecule has 0 fully saturated rings. The molecule has 1 spiro atoms. The van der Waals surface area contributed by atoms with Crippen molar-refractivity contribution in [3.05, 3.63) is 227 Å². The van der Waals surface area contributed by atoms with E-state index in [0.29, 0.717) is 17.5 Å². The van der Waals surface area contributed by atoms with E-state index in [9.17, 15) is 0 Å². The third kappa shape index (κ3) is 5.22. The Balaban J connectivity index is 1.12. The molecule has 1 atom stereocenters. The van der Waals surface area contributed by atoms with Gasteiger partial charge >= 0.3 is 0 Å². The lowest BCUT2D eigenvalue weighted by Gasteiger charge is -2.41. The molecule has 0 radical (unpaired) electrons. The topological polar surface area (TPSA) is 43.6 Å². The average Bonchev–Trinajstić information content (AvgIpc) is 3.47. The third-order valence-electron chi connectivity index (χ3n) is 12.1. The van der Waals surface area contributed by atoms with E-state index in [-0.39, 0.29) is 0 Å². The average molecular weight is 755 g/mol. The predicted molar refractivity (Wildman–Crippen MR) is 242 cm³/mol. The number of hydrogen-bond donors (Lipinski definition) is 0. The van der Waals surface area contributed by atoms with Gasteiger partial charge in [0.2, 0.25) is 0 Å². The summed E-state index contributed by atoms with van der Waals surface area (Å²) in [6.45, 7) is 2.16. The molecule has 59 heavy (non-hydrogen) atoms. The van der Waals surface area contributed by atoms with Gasteiger partial charge in [-0.25, -0.2) is 15.0 Å². The quantitative estimate of drug-likeness (QED) is 0.168. The Morgan fingerprint density at radius 3 is 2.22 bits per heavy atom. The largest absolute Gasteiger partial charge is 0.308 e. The van der Waals surface area contributed by atoms with Crippen LogP contribution in [0.15, 0.2) is 182 Å². The summed E-state index contributed by atoms with van der Waals surface area (Å²) >= 11 is 0. The Morgan fingerprint density at radius 1 is 0.644 bits per heavy atom. The molecular weight excluding hydrogens is 717 g/mol. The number of hydrogen-bond acceptors (Lipinski definition) is 3. The van der Waals surface area contributed by atoms with Gasteiger partial charge in [0, 0.05) is 22.1 Å². The molecule has 278 valence electrons. The van der Waals surface area contributed by atoms with Gasteiger partial charge in [-0.15, -0.1) is 6.42 Å². The number of benzene rings is 5. The lowest BCUT2D eigenvalue weighted by Crippen LogP contribution is -2.35. The minimum absolute atomic E-state index is 0.610. The Kier molecular flexibility index (Phi) is 8.10. The van der Waals surface area contributed by atoms with Crippen molar-refractivity contribution in [2.45, 2.75) is 25.2 Å². The highest BCUT2D eigenvalue weighted by atomic mass is 15.0. The summed E-state index contributed by atoms with van der Waals surface area (Å²) in [5.41, 5.74) is 16.2. The van der Waals surface area contributed by atoms with Crippen LogP contribution < -0.4 is 0 Å². The maximum Gasteiger partial charge on any atom is 0.164 e. The van der Waals surface area contributed by atoms with E-state index >= 15 is 0 Å². The van der Waals surface area contributed by atoms with Crippen molar-refractivity contribution < 1.29 is 0 Å². The highest BCUT2D eigenvalue weighted by molar-refractivity contribution is 6.04. The van der Waals surface area contributed by atoms with Crippen LogP contribution in [0.25, 0.3) is 61.4 Å². The highest BCUT2D eigenvalue weighted by Crippen LogP contribution is 2.63. The van der Waals surface area contributed by atoms with Crippen LogP contribution in [0.2, 0.25) is 0 Å². The van der Waals surface area contributed by atoms with E-state index in [2.05, 4.69) is 181 Å². The summed E-state index contributed by atoms with van der Waals surface area (Å²) in [5.74, 6) is 5.08. The first kappa shape index (κ1) is 34.6. The van der Waals surface area contributed by atoms with Crippen molar-refractivity contribution >= 4 is 33.2 Å². The molecule has 4 nitrogen and oxygen atoms in total. The van der Waals surface area contributed by atoms with Gasteiger partial charge in [-0.3, -0.25) is 0 Å². The van der Waals surface area contributed by atoms with Crippen LogP contribution in [0.4, 0.5) is 0 Å². The zero-order valence-electron chi connectivity index (χ0n) is 32.6. The second kappa shape index (κ2) is 13.8. The fraction of sp³-hybridized carbons (Fsp3) is 0.0727. The Bertz CT molecular complexity index is 3170. The fourth-order valence-corrected chi connectivity index (χ4v) is 9.68. The number of para-hydroxylation sites is 2. The first-order valence-electron chi connectivity index (χ1n) is 20.2. The SMILES string of the molecule is C#Cc1c2n(c3ccccc13)-c1ccccc1C1(/C2=C/C)c2ccccc2-c2ccc(C3=CCC=CC(c4nc(C5=CC=CCC=C5)nc(-c5ccccc5)n4)=C3)cc21. The van der Waals surface area contributed by atoms with Crippen LogP contribution in [-0.2, 0) is 5.41 Å². The maximum atomic E-state index is 6.46. The summed E-state index contributed by atoms with van der Waals surface area (Å²) in [7, 11) is 0. The van der Waals surface area contributed by atoms with E-state index in [1.165, 1.54) is 33.4 Å². The summed E-state index contributed by atoms with van der Waals surface area (Å²) in [4.78, 5) is 15.2. The summed E-state index contributed by atoms with van der Waals surface area (Å²) in [6.07, 6.45) is 29.8. The fourth-order valence-electron chi connectivity index (χ4n) is 9.68. The predicted octanol–water partition coefficient (Wildman–Crippen LogP) is 12.5. The van der Waals surface area contributed by atoms with Crippen molar-refractivity contribution in [3.63, 3.8) is 0 Å². The molecule has 3 aliphatic carbocycles. The van der Waals surface area contributed by atoms with Crippen LogP contribution in [0.5, 0.6) is 0 Å². The zero-order chi connectivity index (χ0) is 39.5. The molecule has 0 amide bonds. The third-order valence-corrected chi connectivity index (χ3v) is 12.1. The molecule has 7 aromatic rings. The maximum absolute atomic E-state index is 6.46. The lowest BCUT2D eigenvalue weighted by molar-refractivity contribution is 0.776. The highest BCUT2D eigenvalue weighted by Gasteiger charge is 2.52. The minimum Gasteiger partial charge on any atom is -0.308 e. The second-order valence-electron chi connectivity index (χ2n) is 15.3. The molecule has 0 saturated carbocycles. The number of fused-ring (bicyclic) bond motifs is 11. The standard InChI is InChI=1S/C55H38N4/c1-3-41-44-27-15-18-30-49(44)59-50-31-19-17-29-47(50)55(45(4-2)51(41)59)46-28-16-14-26-42(46)43-33-32-39(35-48(43)55)38-24-12-13-25-40(34-38)54-57-52(36-20-8-5-6-9-21-36)56-53(58-54)37-22-10-7-11-23-37/h1,4-5,7-11,13-35H,6,12H2,2H3/b45-4+. The molecular formula is C55H38N4. The monoisotopic (exact) mass is 754 g/mol. The van der Waals surface area contributed by atoms with E-state index in [1.54, 1.807) is 0 Å². The number of terminal acetylenes is 1. The number of nitrogens with zero attached hydrogens (tertiary/aromatic N) is 4. The molecule has 0 saturated heterocycles. The summed E-state index contributed by atoms with van der Waals surface area (Å²) in [5, 5.41) is 1.09. The van der Waals surface area contributed by atoms with Gasteiger partial charge in [-0.1, -0.05) is 164 Å². The van der Waals surface area contributed by atoms with Crippen molar-refractivity contribution in [2.75, 3.05) is 0 Å². The number of rotatable bonds is 4. The van der Waals surface area contributed by atoms with E-state index in [4.69, 9.17) is 21.4 Å². The van der Waals surface area contributed by atoms with Gasteiger partial charge in [0.05, 0.1) is 27.9 Å². The second-order valence-corrected chi connectivity index (χ2v) is 15.3. The van der Waals surface area contributed by atoms with Crippen LogP contribution in [0.1, 0.15) is 64.9 Å². The smallest absolute Gasteiger partial charge is 0.164 e. The molecule has 0 bridgehead atoms. The first-order chi connectivity index (χ1) is 29.2. The summed E-state index contributed by atoms with van der Waals surface area (Å²) < 4.78 is 2.39.